The Bertz CT molecular complexity index is 1410. The lowest BCUT2D eigenvalue weighted by molar-refractivity contribution is -0.132. The summed E-state index contributed by atoms with van der Waals surface area (Å²) in [5, 5.41) is 13.3. The van der Waals surface area contributed by atoms with E-state index in [0.29, 0.717) is 29.2 Å². The molecule has 1 aliphatic heterocycles. The van der Waals surface area contributed by atoms with Crippen molar-refractivity contribution in [3.8, 4) is 5.75 Å². The predicted octanol–water partition coefficient (Wildman–Crippen LogP) is 5.86. The minimum atomic E-state index is -0.774. The number of benzene rings is 4. The number of aliphatic hydroxyl groups is 1. The maximum Gasteiger partial charge on any atom is 0.300 e. The first-order chi connectivity index (χ1) is 16.6. The molecule has 0 radical (unpaired) electrons. The minimum Gasteiger partial charge on any atom is -0.507 e. The Balaban J connectivity index is 1.69. The van der Waals surface area contributed by atoms with Crippen LogP contribution in [-0.2, 0) is 9.59 Å². The second-order valence-electron chi connectivity index (χ2n) is 8.07. The molecule has 0 spiro atoms. The zero-order valence-corrected chi connectivity index (χ0v) is 18.6. The molecule has 1 heterocycles. The number of hydrogen-bond donors (Lipinski definition) is 1. The lowest BCUT2D eigenvalue weighted by atomic mass is 9.94. The van der Waals surface area contributed by atoms with Gasteiger partial charge in [0.15, 0.2) is 0 Å². The van der Waals surface area contributed by atoms with E-state index in [4.69, 9.17) is 4.74 Å². The first-order valence-corrected chi connectivity index (χ1v) is 11.2. The van der Waals surface area contributed by atoms with E-state index >= 15 is 0 Å². The minimum absolute atomic E-state index is 0.0632. The maximum atomic E-state index is 13.3. The Morgan fingerprint density at radius 2 is 1.53 bits per heavy atom. The third kappa shape index (κ3) is 3.71. The smallest absolute Gasteiger partial charge is 0.300 e. The van der Waals surface area contributed by atoms with Crippen molar-refractivity contribution in [1.82, 2.24) is 0 Å². The number of carbonyl (C=O) groups is 2. The number of ketones is 1. The molecule has 5 rings (SSSR count). The zero-order valence-electron chi connectivity index (χ0n) is 18.6. The standard InChI is InChI=1S/C29H23NO4/c1-2-34-24-16-14-20(15-17-24)26-25(28(32)29(33)30(26)23-10-4-3-5-11-23)27(31)22-13-12-19-8-6-7-9-21(19)18-22/h3-18,26,31H,2H2,1H3/b27-25-. The van der Waals surface area contributed by atoms with Crippen LogP contribution >= 0.6 is 0 Å². The fraction of sp³-hybridized carbons (Fsp3) is 0.103. The van der Waals surface area contributed by atoms with Gasteiger partial charge in [-0.25, -0.2) is 0 Å². The second kappa shape index (κ2) is 8.87. The van der Waals surface area contributed by atoms with E-state index in [-0.39, 0.29) is 11.3 Å². The van der Waals surface area contributed by atoms with Crippen LogP contribution in [0.4, 0.5) is 5.69 Å². The molecule has 0 aromatic heterocycles. The van der Waals surface area contributed by atoms with Gasteiger partial charge in [0.1, 0.15) is 11.5 Å². The van der Waals surface area contributed by atoms with Gasteiger partial charge in [-0.3, -0.25) is 14.5 Å². The topological polar surface area (TPSA) is 66.8 Å². The third-order valence-corrected chi connectivity index (χ3v) is 6.01. The lowest BCUT2D eigenvalue weighted by Crippen LogP contribution is -2.29. The van der Waals surface area contributed by atoms with Crippen LogP contribution in [0.15, 0.2) is 103 Å². The van der Waals surface area contributed by atoms with Crippen molar-refractivity contribution in [3.63, 3.8) is 0 Å². The van der Waals surface area contributed by atoms with Crippen LogP contribution in [0.5, 0.6) is 5.75 Å². The summed E-state index contributed by atoms with van der Waals surface area (Å²) in [6, 6.07) is 28.8. The van der Waals surface area contributed by atoms with E-state index in [0.717, 1.165) is 10.8 Å². The molecule has 1 N–H and O–H groups in total. The highest BCUT2D eigenvalue weighted by Crippen LogP contribution is 2.42. The number of nitrogens with zero attached hydrogens (tertiary/aromatic N) is 1. The Morgan fingerprint density at radius 1 is 0.853 bits per heavy atom. The summed E-state index contributed by atoms with van der Waals surface area (Å²) in [7, 11) is 0. The van der Waals surface area contributed by atoms with E-state index in [1.54, 1.807) is 30.3 Å². The number of para-hydroxylation sites is 1. The van der Waals surface area contributed by atoms with Crippen molar-refractivity contribution in [2.45, 2.75) is 13.0 Å². The molecule has 4 aromatic carbocycles. The number of fused-ring (bicyclic) bond motifs is 1. The third-order valence-electron chi connectivity index (χ3n) is 6.01. The summed E-state index contributed by atoms with van der Waals surface area (Å²) in [4.78, 5) is 28.0. The normalized spacial score (nSPS) is 17.3. The van der Waals surface area contributed by atoms with Crippen LogP contribution in [0.25, 0.3) is 16.5 Å². The zero-order chi connectivity index (χ0) is 23.7. The lowest BCUT2D eigenvalue weighted by Gasteiger charge is -2.25. The van der Waals surface area contributed by atoms with Crippen LogP contribution < -0.4 is 9.64 Å². The van der Waals surface area contributed by atoms with Crippen molar-refractivity contribution in [1.29, 1.82) is 0 Å². The highest BCUT2D eigenvalue weighted by Gasteiger charge is 2.46. The maximum absolute atomic E-state index is 13.3. The molecular weight excluding hydrogens is 426 g/mol. The van der Waals surface area contributed by atoms with E-state index in [9.17, 15) is 14.7 Å². The number of hydrogen-bond acceptors (Lipinski definition) is 4. The Kier molecular flexibility index (Phi) is 5.60. The molecule has 168 valence electrons. The van der Waals surface area contributed by atoms with Crippen molar-refractivity contribution >= 4 is 33.9 Å². The van der Waals surface area contributed by atoms with Gasteiger partial charge in [-0.2, -0.15) is 0 Å². The fourth-order valence-corrected chi connectivity index (χ4v) is 4.41. The van der Waals surface area contributed by atoms with Gasteiger partial charge in [0.25, 0.3) is 11.7 Å². The van der Waals surface area contributed by atoms with E-state index in [1.165, 1.54) is 4.90 Å². The molecule has 0 saturated carbocycles. The van der Waals surface area contributed by atoms with Gasteiger partial charge in [-0.1, -0.05) is 66.7 Å². The van der Waals surface area contributed by atoms with Crippen molar-refractivity contribution in [2.24, 2.45) is 0 Å². The van der Waals surface area contributed by atoms with Gasteiger partial charge in [-0.05, 0) is 53.6 Å². The van der Waals surface area contributed by atoms with E-state index in [2.05, 4.69) is 0 Å². The van der Waals surface area contributed by atoms with Crippen LogP contribution in [0, 0.1) is 0 Å². The molecule has 1 unspecified atom stereocenters. The summed E-state index contributed by atoms with van der Waals surface area (Å²) in [6.45, 7) is 2.44. The summed E-state index contributed by atoms with van der Waals surface area (Å²) < 4.78 is 5.55. The van der Waals surface area contributed by atoms with Gasteiger partial charge < -0.3 is 9.84 Å². The molecule has 1 atom stereocenters. The molecule has 5 nitrogen and oxygen atoms in total. The van der Waals surface area contributed by atoms with Gasteiger partial charge in [-0.15, -0.1) is 0 Å². The summed E-state index contributed by atoms with van der Waals surface area (Å²) in [5.41, 5.74) is 1.84. The average Bonchev–Trinajstić information content (AvgIpc) is 3.14. The van der Waals surface area contributed by atoms with Gasteiger partial charge in [0.2, 0.25) is 0 Å². The molecule has 34 heavy (non-hydrogen) atoms. The number of Topliss-reactive ketones (excluding diaryl/α,β-unsaturated/α-hetero) is 1. The number of amides is 1. The van der Waals surface area contributed by atoms with Crippen LogP contribution in [0.1, 0.15) is 24.1 Å². The molecule has 1 saturated heterocycles. The molecular formula is C29H23NO4. The average molecular weight is 450 g/mol. The largest absolute Gasteiger partial charge is 0.507 e. The molecule has 1 amide bonds. The van der Waals surface area contributed by atoms with Gasteiger partial charge >= 0.3 is 0 Å². The van der Waals surface area contributed by atoms with Crippen LogP contribution in [0.2, 0.25) is 0 Å². The first-order valence-electron chi connectivity index (χ1n) is 11.2. The quantitative estimate of drug-likeness (QED) is 0.235. The number of aliphatic hydroxyl groups excluding tert-OH is 1. The van der Waals surface area contributed by atoms with E-state index in [1.807, 2.05) is 73.7 Å². The summed E-state index contributed by atoms with van der Waals surface area (Å²) in [6.07, 6.45) is 0. The molecule has 4 aromatic rings. The van der Waals surface area contributed by atoms with Crippen LogP contribution in [0.3, 0.4) is 0 Å². The SMILES string of the molecule is CCOc1ccc(C2/C(=C(/O)c3ccc4ccccc4c3)C(=O)C(=O)N2c2ccccc2)cc1. The van der Waals surface area contributed by atoms with Gasteiger partial charge in [0, 0.05) is 11.3 Å². The molecule has 1 fully saturated rings. The number of rotatable bonds is 5. The Morgan fingerprint density at radius 3 is 2.24 bits per heavy atom. The Labute approximate surface area is 197 Å². The Hall–Kier alpha value is -4.38. The summed E-state index contributed by atoms with van der Waals surface area (Å²) >= 11 is 0. The summed E-state index contributed by atoms with van der Waals surface area (Å²) in [5.74, 6) is -0.889. The fourth-order valence-electron chi connectivity index (χ4n) is 4.41. The van der Waals surface area contributed by atoms with Crippen molar-refractivity contribution in [2.75, 3.05) is 11.5 Å². The molecule has 0 bridgehead atoms. The molecule has 5 heteroatoms. The van der Waals surface area contributed by atoms with Crippen molar-refractivity contribution in [3.05, 3.63) is 114 Å². The molecule has 0 aliphatic carbocycles. The number of anilines is 1. The number of carbonyl (C=O) groups excluding carboxylic acids is 2. The highest BCUT2D eigenvalue weighted by atomic mass is 16.5. The monoisotopic (exact) mass is 449 g/mol. The van der Waals surface area contributed by atoms with Crippen LogP contribution in [-0.4, -0.2) is 23.4 Å². The highest BCUT2D eigenvalue weighted by molar-refractivity contribution is 6.51. The van der Waals surface area contributed by atoms with E-state index < -0.39 is 17.7 Å². The molecule has 1 aliphatic rings. The van der Waals surface area contributed by atoms with Crippen molar-refractivity contribution < 1.29 is 19.4 Å². The second-order valence-corrected chi connectivity index (χ2v) is 8.07. The first kappa shape index (κ1) is 21.5. The number of ether oxygens (including phenoxy) is 1. The van der Waals surface area contributed by atoms with Gasteiger partial charge in [0.05, 0.1) is 18.2 Å². The predicted molar refractivity (Wildman–Crippen MR) is 133 cm³/mol.